The largest absolute Gasteiger partial charge is 0.367 e. The van der Waals surface area contributed by atoms with Crippen molar-refractivity contribution in [3.8, 4) is 0 Å². The lowest BCUT2D eigenvalue weighted by molar-refractivity contribution is -0.119. The summed E-state index contributed by atoms with van der Waals surface area (Å²) in [6.07, 6.45) is 4.62. The summed E-state index contributed by atoms with van der Waals surface area (Å²) in [7, 11) is -2.98. The van der Waals surface area contributed by atoms with Crippen LogP contribution in [0.2, 0.25) is 0 Å². The highest BCUT2D eigenvalue weighted by molar-refractivity contribution is 7.91. The Morgan fingerprint density at radius 2 is 2.04 bits per heavy atom. The molecule has 3 heterocycles. The normalized spacial score (nSPS) is 22.3. The van der Waals surface area contributed by atoms with Gasteiger partial charge in [-0.15, -0.1) is 0 Å². The molecule has 2 amide bonds. The zero-order valence-corrected chi connectivity index (χ0v) is 15.7. The summed E-state index contributed by atoms with van der Waals surface area (Å²) >= 11 is 0. The number of sulfone groups is 1. The summed E-state index contributed by atoms with van der Waals surface area (Å²) in [6.45, 7) is 4.68. The van der Waals surface area contributed by atoms with E-state index in [1.165, 1.54) is 6.20 Å². The SMILES string of the molecule is CCN(c1cncc(C(=O)N2CCN(C=O)CC2)c1)C1CCS(=O)(=O)C1. The molecule has 0 saturated carbocycles. The smallest absolute Gasteiger partial charge is 0.255 e. The number of pyridine rings is 1. The molecule has 3 rings (SSSR count). The lowest BCUT2D eigenvalue weighted by Gasteiger charge is -2.33. The molecule has 0 N–H and O–H groups in total. The first kappa shape index (κ1) is 18.6. The van der Waals surface area contributed by atoms with Crippen molar-refractivity contribution in [2.24, 2.45) is 0 Å². The van der Waals surface area contributed by atoms with Crippen LogP contribution in [0.15, 0.2) is 18.5 Å². The molecule has 1 aromatic rings. The first-order chi connectivity index (χ1) is 12.4. The quantitative estimate of drug-likeness (QED) is 0.669. The van der Waals surface area contributed by atoms with Crippen molar-refractivity contribution in [3.63, 3.8) is 0 Å². The highest BCUT2D eigenvalue weighted by Crippen LogP contribution is 2.24. The van der Waals surface area contributed by atoms with Gasteiger partial charge >= 0.3 is 0 Å². The number of piperazine rings is 1. The molecular weight excluding hydrogens is 356 g/mol. The molecule has 1 aromatic heterocycles. The van der Waals surface area contributed by atoms with E-state index >= 15 is 0 Å². The van der Waals surface area contributed by atoms with Gasteiger partial charge in [0.1, 0.15) is 0 Å². The van der Waals surface area contributed by atoms with Crippen LogP contribution in [0.4, 0.5) is 5.69 Å². The van der Waals surface area contributed by atoms with Gasteiger partial charge in [0.05, 0.1) is 29.0 Å². The molecule has 0 radical (unpaired) electrons. The van der Waals surface area contributed by atoms with Gasteiger partial charge in [0.2, 0.25) is 6.41 Å². The minimum atomic E-state index is -2.98. The van der Waals surface area contributed by atoms with E-state index in [1.54, 1.807) is 22.1 Å². The molecule has 0 aliphatic carbocycles. The summed E-state index contributed by atoms with van der Waals surface area (Å²) in [6, 6.07) is 1.71. The molecule has 2 saturated heterocycles. The third-order valence-corrected chi connectivity index (χ3v) is 6.79. The first-order valence-electron chi connectivity index (χ1n) is 8.84. The summed E-state index contributed by atoms with van der Waals surface area (Å²) in [4.78, 5) is 33.1. The average molecular weight is 380 g/mol. The maximum absolute atomic E-state index is 12.7. The fourth-order valence-corrected chi connectivity index (χ4v) is 5.32. The Morgan fingerprint density at radius 3 is 2.62 bits per heavy atom. The summed E-state index contributed by atoms with van der Waals surface area (Å²) in [5.41, 5.74) is 1.26. The van der Waals surface area contributed by atoms with Crippen LogP contribution >= 0.6 is 0 Å². The number of amides is 2. The Morgan fingerprint density at radius 1 is 1.31 bits per heavy atom. The van der Waals surface area contributed by atoms with Crippen molar-refractivity contribution >= 4 is 27.8 Å². The fourth-order valence-electron chi connectivity index (χ4n) is 3.59. The van der Waals surface area contributed by atoms with Crippen molar-refractivity contribution in [3.05, 3.63) is 24.0 Å². The molecule has 142 valence electrons. The van der Waals surface area contributed by atoms with Crippen molar-refractivity contribution < 1.29 is 18.0 Å². The zero-order valence-electron chi connectivity index (χ0n) is 14.9. The molecular formula is C17H24N4O4S. The Labute approximate surface area is 153 Å². The van der Waals surface area contributed by atoms with Crippen LogP contribution in [0.25, 0.3) is 0 Å². The molecule has 1 atom stereocenters. The van der Waals surface area contributed by atoms with E-state index in [2.05, 4.69) is 4.98 Å². The number of hydrogen-bond acceptors (Lipinski definition) is 6. The van der Waals surface area contributed by atoms with Crippen LogP contribution < -0.4 is 4.90 Å². The second-order valence-electron chi connectivity index (χ2n) is 6.71. The second kappa shape index (κ2) is 7.61. The second-order valence-corrected chi connectivity index (χ2v) is 8.94. The van der Waals surface area contributed by atoms with Gasteiger partial charge in [0.25, 0.3) is 5.91 Å². The standard InChI is InChI=1S/C17H24N4O4S/c1-2-21(15-3-8-26(24,25)12-15)16-9-14(10-18-11-16)17(23)20-6-4-19(13-22)5-7-20/h9-11,13,15H,2-8,12H2,1H3. The number of anilines is 1. The van der Waals surface area contributed by atoms with E-state index in [0.717, 1.165) is 12.1 Å². The van der Waals surface area contributed by atoms with Crippen LogP contribution in [-0.2, 0) is 14.6 Å². The van der Waals surface area contributed by atoms with Gasteiger partial charge in [-0.05, 0) is 19.4 Å². The third kappa shape index (κ3) is 3.98. The van der Waals surface area contributed by atoms with Crippen LogP contribution in [-0.4, -0.2) is 85.8 Å². The molecule has 9 heteroatoms. The lowest BCUT2D eigenvalue weighted by atomic mass is 10.1. The van der Waals surface area contributed by atoms with Crippen LogP contribution in [0, 0.1) is 0 Å². The van der Waals surface area contributed by atoms with Crippen molar-refractivity contribution in [1.82, 2.24) is 14.8 Å². The van der Waals surface area contributed by atoms with E-state index in [9.17, 15) is 18.0 Å². The van der Waals surface area contributed by atoms with Gasteiger partial charge in [0, 0.05) is 45.0 Å². The van der Waals surface area contributed by atoms with E-state index in [0.29, 0.717) is 44.7 Å². The number of carbonyl (C=O) groups is 2. The molecule has 2 aliphatic rings. The van der Waals surface area contributed by atoms with Crippen LogP contribution in [0.5, 0.6) is 0 Å². The third-order valence-electron chi connectivity index (χ3n) is 5.04. The van der Waals surface area contributed by atoms with Crippen LogP contribution in [0.1, 0.15) is 23.7 Å². The maximum Gasteiger partial charge on any atom is 0.255 e. The molecule has 1 unspecified atom stereocenters. The highest BCUT2D eigenvalue weighted by Gasteiger charge is 2.32. The summed E-state index contributed by atoms with van der Waals surface area (Å²) < 4.78 is 23.6. The van der Waals surface area contributed by atoms with E-state index in [4.69, 9.17) is 0 Å². The highest BCUT2D eigenvalue weighted by atomic mass is 32.2. The molecule has 2 fully saturated rings. The fraction of sp³-hybridized carbons (Fsp3) is 0.588. The number of nitrogens with zero attached hydrogens (tertiary/aromatic N) is 4. The topological polar surface area (TPSA) is 90.9 Å². The van der Waals surface area contributed by atoms with Crippen LogP contribution in [0.3, 0.4) is 0 Å². The minimum absolute atomic E-state index is 0.0757. The molecule has 26 heavy (non-hydrogen) atoms. The lowest BCUT2D eigenvalue weighted by Crippen LogP contribution is -2.48. The molecule has 0 spiro atoms. The van der Waals surface area contributed by atoms with E-state index < -0.39 is 9.84 Å². The number of carbonyl (C=O) groups excluding carboxylic acids is 2. The monoisotopic (exact) mass is 380 g/mol. The Balaban J connectivity index is 1.75. The van der Waals surface area contributed by atoms with Gasteiger partial charge in [-0.3, -0.25) is 14.6 Å². The zero-order chi connectivity index (χ0) is 18.7. The van der Waals surface area contributed by atoms with Gasteiger partial charge in [0.15, 0.2) is 9.84 Å². The molecule has 0 bridgehead atoms. The Kier molecular flexibility index (Phi) is 5.45. The Hall–Kier alpha value is -2.16. The molecule has 2 aliphatic heterocycles. The molecule has 8 nitrogen and oxygen atoms in total. The van der Waals surface area contributed by atoms with Gasteiger partial charge in [-0.1, -0.05) is 0 Å². The predicted molar refractivity (Wildman–Crippen MR) is 97.9 cm³/mol. The summed E-state index contributed by atoms with van der Waals surface area (Å²) in [5.74, 6) is 0.244. The van der Waals surface area contributed by atoms with Crippen molar-refractivity contribution in [2.45, 2.75) is 19.4 Å². The maximum atomic E-state index is 12.7. The van der Waals surface area contributed by atoms with Crippen molar-refractivity contribution in [2.75, 3.05) is 49.1 Å². The number of rotatable bonds is 5. The van der Waals surface area contributed by atoms with Gasteiger partial charge in [-0.25, -0.2) is 8.42 Å². The number of aromatic nitrogens is 1. The predicted octanol–water partition coefficient (Wildman–Crippen LogP) is 0.00920. The van der Waals surface area contributed by atoms with Gasteiger partial charge < -0.3 is 14.7 Å². The molecule has 0 aromatic carbocycles. The minimum Gasteiger partial charge on any atom is -0.367 e. The first-order valence-corrected chi connectivity index (χ1v) is 10.7. The average Bonchev–Trinajstić information content (AvgIpc) is 3.01. The van der Waals surface area contributed by atoms with E-state index in [1.807, 2.05) is 11.8 Å². The van der Waals surface area contributed by atoms with E-state index in [-0.39, 0.29) is 23.5 Å². The Bertz CT molecular complexity index is 775. The van der Waals surface area contributed by atoms with Crippen molar-refractivity contribution in [1.29, 1.82) is 0 Å². The number of hydrogen-bond donors (Lipinski definition) is 0. The summed E-state index contributed by atoms with van der Waals surface area (Å²) in [5, 5.41) is 0. The van der Waals surface area contributed by atoms with Gasteiger partial charge in [-0.2, -0.15) is 0 Å².